The number of rotatable bonds is 4. The highest BCUT2D eigenvalue weighted by atomic mass is 32.1. The Hall–Kier alpha value is -3.17. The van der Waals surface area contributed by atoms with Crippen LogP contribution < -0.4 is 10.6 Å². The number of aromatic nitrogens is 4. The molecule has 7 nitrogen and oxygen atoms in total. The van der Waals surface area contributed by atoms with E-state index in [0.29, 0.717) is 17.2 Å². The van der Waals surface area contributed by atoms with Gasteiger partial charge in [0.2, 0.25) is 4.96 Å². The standard InChI is InChI=1S/C20H18N6OS2/c1-12-3-7-15(8-4-12)17(27)22-19(28)21-11-14-5-9-16(10-6-14)18-25-26-13(2)23-24-20(26)29-18/h3-10H,11H2,1-2H3,(H2,21,22,27,28). The van der Waals surface area contributed by atoms with Crippen LogP contribution in [-0.2, 0) is 6.54 Å². The lowest BCUT2D eigenvalue weighted by Crippen LogP contribution is -2.38. The monoisotopic (exact) mass is 422 g/mol. The Labute approximate surface area is 176 Å². The second-order valence-corrected chi connectivity index (χ2v) is 7.91. The van der Waals surface area contributed by atoms with Crippen molar-refractivity contribution in [1.82, 2.24) is 30.4 Å². The SMILES string of the molecule is Cc1ccc(C(=O)NC(=S)NCc2ccc(-c3nn4c(C)nnc4s3)cc2)cc1. The second-order valence-electron chi connectivity index (χ2n) is 6.55. The van der Waals surface area contributed by atoms with Crippen LogP contribution in [0.3, 0.4) is 0 Å². The summed E-state index contributed by atoms with van der Waals surface area (Å²) in [4.78, 5) is 13.0. The largest absolute Gasteiger partial charge is 0.358 e. The predicted molar refractivity (Wildman–Crippen MR) is 117 cm³/mol. The summed E-state index contributed by atoms with van der Waals surface area (Å²) in [5, 5.41) is 19.6. The number of fused-ring (bicyclic) bond motifs is 1. The highest BCUT2D eigenvalue weighted by Crippen LogP contribution is 2.25. The van der Waals surface area contributed by atoms with E-state index in [1.54, 1.807) is 16.6 Å². The molecule has 0 unspecified atom stereocenters. The van der Waals surface area contributed by atoms with Gasteiger partial charge in [-0.05, 0) is 43.8 Å². The van der Waals surface area contributed by atoms with Crippen LogP contribution in [0.25, 0.3) is 15.5 Å². The van der Waals surface area contributed by atoms with Crippen LogP contribution in [0.2, 0.25) is 0 Å². The molecule has 2 heterocycles. The Kier molecular flexibility index (Phi) is 5.32. The summed E-state index contributed by atoms with van der Waals surface area (Å²) in [6.07, 6.45) is 0. The first kappa shape index (κ1) is 19.2. The molecule has 29 heavy (non-hydrogen) atoms. The third-order valence-electron chi connectivity index (χ3n) is 4.34. The van der Waals surface area contributed by atoms with Gasteiger partial charge in [0.25, 0.3) is 5.91 Å². The minimum atomic E-state index is -0.226. The molecule has 0 fully saturated rings. The fourth-order valence-corrected chi connectivity index (χ4v) is 3.76. The van der Waals surface area contributed by atoms with Gasteiger partial charge in [0.1, 0.15) is 5.01 Å². The van der Waals surface area contributed by atoms with Gasteiger partial charge in [-0.25, -0.2) is 0 Å². The van der Waals surface area contributed by atoms with E-state index in [1.807, 2.05) is 50.2 Å². The molecule has 0 spiro atoms. The molecule has 1 amide bonds. The molecule has 4 rings (SSSR count). The molecule has 146 valence electrons. The number of amides is 1. The molecule has 0 aliphatic heterocycles. The number of nitrogens with one attached hydrogen (secondary N) is 2. The first-order valence-corrected chi connectivity index (χ1v) is 10.2. The molecule has 0 saturated heterocycles. The van der Waals surface area contributed by atoms with E-state index in [9.17, 15) is 4.79 Å². The van der Waals surface area contributed by atoms with Crippen molar-refractivity contribution in [1.29, 1.82) is 0 Å². The Balaban J connectivity index is 1.34. The van der Waals surface area contributed by atoms with Gasteiger partial charge in [-0.15, -0.1) is 10.2 Å². The Bertz CT molecular complexity index is 1180. The topological polar surface area (TPSA) is 84.2 Å². The van der Waals surface area contributed by atoms with E-state index >= 15 is 0 Å². The number of hydrogen-bond donors (Lipinski definition) is 2. The third-order valence-corrected chi connectivity index (χ3v) is 5.54. The molecule has 0 saturated carbocycles. The van der Waals surface area contributed by atoms with Crippen LogP contribution in [0.5, 0.6) is 0 Å². The molecule has 0 atom stereocenters. The molecular formula is C20H18N6OS2. The zero-order valence-corrected chi connectivity index (χ0v) is 17.5. The average Bonchev–Trinajstić information content (AvgIpc) is 3.29. The molecular weight excluding hydrogens is 404 g/mol. The lowest BCUT2D eigenvalue weighted by atomic mass is 10.1. The van der Waals surface area contributed by atoms with E-state index < -0.39 is 0 Å². The number of thiocarbonyl (C=S) groups is 1. The van der Waals surface area contributed by atoms with E-state index in [2.05, 4.69) is 25.9 Å². The minimum absolute atomic E-state index is 0.226. The summed E-state index contributed by atoms with van der Waals surface area (Å²) in [6.45, 7) is 4.36. The molecule has 0 aliphatic carbocycles. The van der Waals surface area contributed by atoms with Gasteiger partial charge in [-0.3, -0.25) is 10.1 Å². The molecule has 0 aliphatic rings. The van der Waals surface area contributed by atoms with Crippen LogP contribution in [0.15, 0.2) is 48.5 Å². The molecule has 0 bridgehead atoms. The molecule has 2 aromatic heterocycles. The maximum Gasteiger partial charge on any atom is 0.257 e. The summed E-state index contributed by atoms with van der Waals surface area (Å²) in [7, 11) is 0. The van der Waals surface area contributed by atoms with E-state index in [-0.39, 0.29) is 5.91 Å². The number of carbonyl (C=O) groups excluding carboxylic acids is 1. The quantitative estimate of drug-likeness (QED) is 0.491. The summed E-state index contributed by atoms with van der Waals surface area (Å²) >= 11 is 6.72. The Morgan fingerprint density at radius 1 is 1.07 bits per heavy atom. The highest BCUT2D eigenvalue weighted by molar-refractivity contribution is 7.80. The lowest BCUT2D eigenvalue weighted by molar-refractivity contribution is 0.0976. The highest BCUT2D eigenvalue weighted by Gasteiger charge is 2.11. The second kappa shape index (κ2) is 8.06. The summed E-state index contributed by atoms with van der Waals surface area (Å²) in [5.41, 5.74) is 3.73. The number of hydrogen-bond acceptors (Lipinski definition) is 6. The van der Waals surface area contributed by atoms with Gasteiger partial charge in [0.15, 0.2) is 10.9 Å². The summed E-state index contributed by atoms with van der Waals surface area (Å²) in [6, 6.07) is 15.4. The average molecular weight is 423 g/mol. The normalized spacial score (nSPS) is 10.8. The zero-order chi connectivity index (χ0) is 20.4. The maximum absolute atomic E-state index is 12.2. The van der Waals surface area contributed by atoms with Crippen LogP contribution in [-0.4, -0.2) is 30.8 Å². The van der Waals surface area contributed by atoms with E-state index in [0.717, 1.165) is 32.5 Å². The number of nitrogens with zero attached hydrogens (tertiary/aromatic N) is 4. The van der Waals surface area contributed by atoms with Crippen LogP contribution in [0, 0.1) is 13.8 Å². The number of aryl methyl sites for hydroxylation is 2. The lowest BCUT2D eigenvalue weighted by Gasteiger charge is -2.10. The van der Waals surface area contributed by atoms with Crippen LogP contribution >= 0.6 is 23.6 Å². The van der Waals surface area contributed by atoms with Gasteiger partial charge in [0, 0.05) is 17.7 Å². The zero-order valence-electron chi connectivity index (χ0n) is 15.8. The molecule has 9 heteroatoms. The third kappa shape index (κ3) is 4.30. The molecule has 2 aromatic carbocycles. The van der Waals surface area contributed by atoms with E-state index in [4.69, 9.17) is 12.2 Å². The van der Waals surface area contributed by atoms with Crippen molar-refractivity contribution in [3.8, 4) is 10.6 Å². The summed E-state index contributed by atoms with van der Waals surface area (Å²) < 4.78 is 1.74. The van der Waals surface area contributed by atoms with Gasteiger partial charge < -0.3 is 5.32 Å². The van der Waals surface area contributed by atoms with Gasteiger partial charge >= 0.3 is 0 Å². The summed E-state index contributed by atoms with van der Waals surface area (Å²) in [5.74, 6) is 0.543. The van der Waals surface area contributed by atoms with Crippen molar-refractivity contribution < 1.29 is 4.79 Å². The Morgan fingerprint density at radius 2 is 1.79 bits per heavy atom. The Morgan fingerprint density at radius 3 is 2.48 bits per heavy atom. The van der Waals surface area contributed by atoms with Gasteiger partial charge in [0.05, 0.1) is 0 Å². The predicted octanol–water partition coefficient (Wildman–Crippen LogP) is 3.27. The maximum atomic E-state index is 12.2. The van der Waals surface area contributed by atoms with Crippen LogP contribution in [0.1, 0.15) is 27.3 Å². The van der Waals surface area contributed by atoms with Gasteiger partial charge in [-0.1, -0.05) is 53.3 Å². The van der Waals surface area contributed by atoms with Crippen molar-refractivity contribution in [3.63, 3.8) is 0 Å². The number of carbonyl (C=O) groups is 1. The van der Waals surface area contributed by atoms with Crippen molar-refractivity contribution in [2.24, 2.45) is 0 Å². The first-order valence-electron chi connectivity index (χ1n) is 8.93. The molecule has 2 N–H and O–H groups in total. The molecule has 0 radical (unpaired) electrons. The van der Waals surface area contributed by atoms with Gasteiger partial charge in [-0.2, -0.15) is 9.61 Å². The van der Waals surface area contributed by atoms with Crippen molar-refractivity contribution >= 4 is 39.5 Å². The first-order chi connectivity index (χ1) is 14.0. The number of benzene rings is 2. The van der Waals surface area contributed by atoms with Crippen molar-refractivity contribution in [2.45, 2.75) is 20.4 Å². The molecule has 4 aromatic rings. The smallest absolute Gasteiger partial charge is 0.257 e. The minimum Gasteiger partial charge on any atom is -0.358 e. The fourth-order valence-electron chi connectivity index (χ4n) is 2.70. The van der Waals surface area contributed by atoms with Crippen molar-refractivity contribution in [2.75, 3.05) is 0 Å². The van der Waals surface area contributed by atoms with E-state index in [1.165, 1.54) is 11.3 Å². The van der Waals surface area contributed by atoms with Crippen molar-refractivity contribution in [3.05, 3.63) is 71.0 Å². The fraction of sp³-hybridized carbons (Fsp3) is 0.150. The van der Waals surface area contributed by atoms with Crippen LogP contribution in [0.4, 0.5) is 0 Å².